The van der Waals surface area contributed by atoms with Gasteiger partial charge in [0.15, 0.2) is 5.76 Å². The summed E-state index contributed by atoms with van der Waals surface area (Å²) in [6.45, 7) is 4.22. The first-order chi connectivity index (χ1) is 11.6. The van der Waals surface area contributed by atoms with Crippen LogP contribution in [-0.4, -0.2) is 52.8 Å². The zero-order valence-electron chi connectivity index (χ0n) is 13.7. The molecule has 2 amide bonds. The van der Waals surface area contributed by atoms with Crippen LogP contribution in [0, 0.1) is 0 Å². The largest absolute Gasteiger partial charge is 0.459 e. The Hall–Kier alpha value is -2.63. The lowest BCUT2D eigenvalue weighted by Crippen LogP contribution is -2.50. The van der Waals surface area contributed by atoms with Crippen molar-refractivity contribution >= 4 is 11.8 Å². The lowest BCUT2D eigenvalue weighted by molar-refractivity contribution is -0.133. The molecule has 0 saturated carbocycles. The number of piperazine rings is 1. The first-order valence-corrected chi connectivity index (χ1v) is 8.15. The van der Waals surface area contributed by atoms with Gasteiger partial charge < -0.3 is 14.2 Å². The number of carbonyl (C=O) groups is 2. The Morgan fingerprint density at radius 2 is 1.92 bits per heavy atom. The van der Waals surface area contributed by atoms with Gasteiger partial charge in [-0.15, -0.1) is 0 Å². The molecule has 1 saturated heterocycles. The molecule has 1 unspecified atom stereocenters. The maximum Gasteiger partial charge on any atom is 0.289 e. The van der Waals surface area contributed by atoms with Crippen molar-refractivity contribution in [3.63, 3.8) is 0 Å². The fourth-order valence-electron chi connectivity index (χ4n) is 2.89. The van der Waals surface area contributed by atoms with Crippen LogP contribution >= 0.6 is 0 Å². The minimum absolute atomic E-state index is 0.115. The van der Waals surface area contributed by atoms with Crippen molar-refractivity contribution in [2.45, 2.75) is 19.3 Å². The van der Waals surface area contributed by atoms with E-state index in [0.717, 1.165) is 5.56 Å². The smallest absolute Gasteiger partial charge is 0.289 e. The third kappa shape index (κ3) is 3.64. The molecule has 1 aliphatic heterocycles. The maximum absolute atomic E-state index is 12.5. The van der Waals surface area contributed by atoms with Crippen LogP contribution in [0.5, 0.6) is 0 Å². The molecule has 1 atom stereocenters. The Kier molecular flexibility index (Phi) is 4.93. The summed E-state index contributed by atoms with van der Waals surface area (Å²) in [5.41, 5.74) is 1.07. The van der Waals surface area contributed by atoms with Crippen LogP contribution in [0.2, 0.25) is 0 Å². The molecule has 2 aromatic rings. The molecular formula is C18H21N3O3. The zero-order chi connectivity index (χ0) is 16.9. The monoisotopic (exact) mass is 327 g/mol. The predicted molar refractivity (Wildman–Crippen MR) is 88.5 cm³/mol. The van der Waals surface area contributed by atoms with Crippen LogP contribution < -0.4 is 0 Å². The van der Waals surface area contributed by atoms with E-state index in [1.54, 1.807) is 29.4 Å². The van der Waals surface area contributed by atoms with Crippen molar-refractivity contribution in [2.24, 2.45) is 0 Å². The van der Waals surface area contributed by atoms with E-state index in [-0.39, 0.29) is 17.7 Å². The number of rotatable bonds is 4. The highest BCUT2D eigenvalue weighted by Gasteiger charge is 2.26. The Morgan fingerprint density at radius 1 is 1.17 bits per heavy atom. The molecule has 1 fully saturated rings. The van der Waals surface area contributed by atoms with Gasteiger partial charge in [0.25, 0.3) is 5.91 Å². The van der Waals surface area contributed by atoms with Gasteiger partial charge in [-0.3, -0.25) is 14.6 Å². The SMILES string of the molecule is CC(CC(=O)N1CCN(C(=O)c2ccco2)CC1)c1cccnc1. The fraction of sp³-hybridized carbons (Fsp3) is 0.389. The maximum atomic E-state index is 12.5. The van der Waals surface area contributed by atoms with Crippen molar-refractivity contribution < 1.29 is 14.0 Å². The van der Waals surface area contributed by atoms with E-state index in [2.05, 4.69) is 4.98 Å². The fourth-order valence-corrected chi connectivity index (χ4v) is 2.89. The first-order valence-electron chi connectivity index (χ1n) is 8.15. The minimum atomic E-state index is -0.115. The Morgan fingerprint density at radius 3 is 2.54 bits per heavy atom. The van der Waals surface area contributed by atoms with Gasteiger partial charge in [-0.1, -0.05) is 13.0 Å². The van der Waals surface area contributed by atoms with Crippen LogP contribution in [0.25, 0.3) is 0 Å². The normalized spacial score (nSPS) is 16.0. The molecule has 6 nitrogen and oxygen atoms in total. The number of amides is 2. The lowest BCUT2D eigenvalue weighted by atomic mass is 9.99. The van der Waals surface area contributed by atoms with E-state index in [1.165, 1.54) is 6.26 Å². The molecule has 0 aromatic carbocycles. The summed E-state index contributed by atoms with van der Waals surface area (Å²) < 4.78 is 5.15. The summed E-state index contributed by atoms with van der Waals surface area (Å²) in [6, 6.07) is 7.24. The van der Waals surface area contributed by atoms with Crippen molar-refractivity contribution in [3.8, 4) is 0 Å². The second kappa shape index (κ2) is 7.29. The van der Waals surface area contributed by atoms with E-state index in [0.29, 0.717) is 38.4 Å². The third-order valence-electron chi connectivity index (χ3n) is 4.39. The molecule has 2 aromatic heterocycles. The van der Waals surface area contributed by atoms with Crippen LogP contribution in [0.1, 0.15) is 35.4 Å². The number of furan rings is 1. The van der Waals surface area contributed by atoms with E-state index < -0.39 is 0 Å². The Balaban J connectivity index is 1.51. The summed E-state index contributed by atoms with van der Waals surface area (Å²) in [4.78, 5) is 32.4. The summed E-state index contributed by atoms with van der Waals surface area (Å²) in [6.07, 6.45) is 5.48. The van der Waals surface area contributed by atoms with Crippen LogP contribution in [-0.2, 0) is 4.79 Å². The van der Waals surface area contributed by atoms with E-state index in [9.17, 15) is 9.59 Å². The molecule has 24 heavy (non-hydrogen) atoms. The Bertz CT molecular complexity index is 677. The van der Waals surface area contributed by atoms with Gasteiger partial charge in [-0.05, 0) is 29.7 Å². The average Bonchev–Trinajstić information content (AvgIpc) is 3.16. The van der Waals surface area contributed by atoms with Crippen molar-refractivity contribution in [1.82, 2.24) is 14.8 Å². The minimum Gasteiger partial charge on any atom is -0.459 e. The van der Waals surface area contributed by atoms with Crippen LogP contribution in [0.15, 0.2) is 47.3 Å². The molecule has 1 aliphatic rings. The van der Waals surface area contributed by atoms with Crippen molar-refractivity contribution in [3.05, 3.63) is 54.2 Å². The van der Waals surface area contributed by atoms with Gasteiger partial charge in [-0.25, -0.2) is 0 Å². The second-order valence-corrected chi connectivity index (χ2v) is 6.04. The van der Waals surface area contributed by atoms with Crippen molar-refractivity contribution in [2.75, 3.05) is 26.2 Å². The standard InChI is InChI=1S/C18H21N3O3/c1-14(15-4-2-6-19-13-15)12-17(22)20-7-9-21(10-8-20)18(23)16-5-3-11-24-16/h2-6,11,13-14H,7-10,12H2,1H3. The number of nitrogens with zero attached hydrogens (tertiary/aromatic N) is 3. The number of hydrogen-bond acceptors (Lipinski definition) is 4. The summed E-state index contributed by atoms with van der Waals surface area (Å²) in [7, 11) is 0. The van der Waals surface area contributed by atoms with E-state index >= 15 is 0 Å². The van der Waals surface area contributed by atoms with Crippen LogP contribution in [0.4, 0.5) is 0 Å². The molecule has 0 aliphatic carbocycles. The van der Waals surface area contributed by atoms with Gasteiger partial charge in [0, 0.05) is 45.0 Å². The highest BCUT2D eigenvalue weighted by molar-refractivity contribution is 5.91. The van der Waals surface area contributed by atoms with Gasteiger partial charge in [0.2, 0.25) is 5.91 Å². The molecule has 0 bridgehead atoms. The summed E-state index contributed by atoms with van der Waals surface area (Å²) in [5, 5.41) is 0. The van der Waals surface area contributed by atoms with E-state index in [4.69, 9.17) is 4.42 Å². The molecular weight excluding hydrogens is 306 g/mol. The zero-order valence-corrected chi connectivity index (χ0v) is 13.7. The molecule has 0 N–H and O–H groups in total. The van der Waals surface area contributed by atoms with Gasteiger partial charge >= 0.3 is 0 Å². The van der Waals surface area contributed by atoms with Gasteiger partial charge in [0.1, 0.15) is 0 Å². The highest BCUT2D eigenvalue weighted by Crippen LogP contribution is 2.19. The first kappa shape index (κ1) is 16.2. The van der Waals surface area contributed by atoms with Gasteiger partial charge in [0.05, 0.1) is 6.26 Å². The average molecular weight is 327 g/mol. The summed E-state index contributed by atoms with van der Waals surface area (Å²) in [5.74, 6) is 0.487. The lowest BCUT2D eigenvalue weighted by Gasteiger charge is -2.34. The molecule has 6 heteroatoms. The topological polar surface area (TPSA) is 66.7 Å². The molecule has 126 valence electrons. The molecule has 3 rings (SSSR count). The number of carbonyl (C=O) groups excluding carboxylic acids is 2. The van der Waals surface area contributed by atoms with Crippen molar-refractivity contribution in [1.29, 1.82) is 0 Å². The van der Waals surface area contributed by atoms with Crippen LogP contribution in [0.3, 0.4) is 0 Å². The Labute approximate surface area is 141 Å². The number of aromatic nitrogens is 1. The third-order valence-corrected chi connectivity index (χ3v) is 4.39. The quantitative estimate of drug-likeness (QED) is 0.863. The predicted octanol–water partition coefficient (Wildman–Crippen LogP) is 2.15. The molecule has 3 heterocycles. The molecule has 0 spiro atoms. The van der Waals surface area contributed by atoms with E-state index in [1.807, 2.05) is 24.0 Å². The van der Waals surface area contributed by atoms with Gasteiger partial charge in [-0.2, -0.15) is 0 Å². The second-order valence-electron chi connectivity index (χ2n) is 6.04. The number of pyridine rings is 1. The highest BCUT2D eigenvalue weighted by atomic mass is 16.3. The number of hydrogen-bond donors (Lipinski definition) is 0. The molecule has 0 radical (unpaired) electrons. The summed E-state index contributed by atoms with van der Waals surface area (Å²) >= 11 is 0.